The lowest BCUT2D eigenvalue weighted by Gasteiger charge is -2.25. The lowest BCUT2D eigenvalue weighted by molar-refractivity contribution is -0.0113. The monoisotopic (exact) mass is 300 g/mol. The molecule has 0 saturated carbocycles. The van der Waals surface area contributed by atoms with Gasteiger partial charge < -0.3 is 9.84 Å². The van der Waals surface area contributed by atoms with E-state index in [1.54, 1.807) is 18.2 Å². The molecule has 0 heterocycles. The molecule has 1 N–H and O–H groups in total. The summed E-state index contributed by atoms with van der Waals surface area (Å²) in [6, 6.07) is 5.18. The Morgan fingerprint density at radius 1 is 1.41 bits per heavy atom. The van der Waals surface area contributed by atoms with E-state index in [2.05, 4.69) is 15.9 Å². The van der Waals surface area contributed by atoms with Crippen LogP contribution in [-0.2, 0) is 0 Å². The first kappa shape index (κ1) is 14.2. The van der Waals surface area contributed by atoms with E-state index in [0.717, 1.165) is 10.8 Å². The van der Waals surface area contributed by atoms with Crippen LogP contribution in [0.25, 0.3) is 0 Å². The van der Waals surface area contributed by atoms with Gasteiger partial charge in [0.1, 0.15) is 12.4 Å². The maximum atomic E-state index is 10.8. The predicted octanol–water partition coefficient (Wildman–Crippen LogP) is 3.19. The molecule has 0 aliphatic carbocycles. The third-order valence-electron chi connectivity index (χ3n) is 2.92. The van der Waals surface area contributed by atoms with E-state index >= 15 is 0 Å². The van der Waals surface area contributed by atoms with Crippen molar-refractivity contribution in [2.45, 2.75) is 32.3 Å². The van der Waals surface area contributed by atoms with E-state index in [4.69, 9.17) is 4.74 Å². The number of aldehydes is 1. The highest BCUT2D eigenvalue weighted by Gasteiger charge is 2.23. The molecule has 1 rings (SSSR count). The second kappa shape index (κ2) is 6.17. The third-order valence-corrected chi connectivity index (χ3v) is 3.64. The molecule has 4 heteroatoms. The van der Waals surface area contributed by atoms with Crippen LogP contribution in [0, 0.1) is 0 Å². The number of hydrogen-bond acceptors (Lipinski definition) is 3. The zero-order valence-corrected chi connectivity index (χ0v) is 11.7. The quantitative estimate of drug-likeness (QED) is 0.821. The average Bonchev–Trinajstić information content (AvgIpc) is 2.37. The van der Waals surface area contributed by atoms with Gasteiger partial charge in [-0.15, -0.1) is 0 Å². The van der Waals surface area contributed by atoms with Crippen LogP contribution in [0.5, 0.6) is 5.75 Å². The van der Waals surface area contributed by atoms with Crippen LogP contribution in [0.3, 0.4) is 0 Å². The van der Waals surface area contributed by atoms with Gasteiger partial charge in [-0.2, -0.15) is 0 Å². The van der Waals surface area contributed by atoms with Crippen LogP contribution in [-0.4, -0.2) is 23.6 Å². The predicted molar refractivity (Wildman–Crippen MR) is 70.6 cm³/mol. The number of carbonyl (C=O) groups is 1. The molecule has 0 aliphatic heterocycles. The highest BCUT2D eigenvalue weighted by atomic mass is 79.9. The molecule has 0 unspecified atom stereocenters. The summed E-state index contributed by atoms with van der Waals surface area (Å²) in [5.41, 5.74) is -0.256. The SMILES string of the molecule is CCC(O)(CC)COc1ccc(Br)c(C=O)c1. The van der Waals surface area contributed by atoms with E-state index in [-0.39, 0.29) is 6.61 Å². The fourth-order valence-corrected chi connectivity index (χ4v) is 1.71. The van der Waals surface area contributed by atoms with Crippen LogP contribution in [0.1, 0.15) is 37.0 Å². The molecule has 17 heavy (non-hydrogen) atoms. The van der Waals surface area contributed by atoms with Gasteiger partial charge in [0.25, 0.3) is 0 Å². The highest BCUT2D eigenvalue weighted by Crippen LogP contribution is 2.23. The van der Waals surface area contributed by atoms with Crippen molar-refractivity contribution in [3.63, 3.8) is 0 Å². The summed E-state index contributed by atoms with van der Waals surface area (Å²) in [5, 5.41) is 10.1. The molecule has 0 aromatic heterocycles. The number of ether oxygens (including phenoxy) is 1. The Hall–Kier alpha value is -0.870. The Labute approximate surface area is 110 Å². The van der Waals surface area contributed by atoms with Gasteiger partial charge in [0.15, 0.2) is 6.29 Å². The Bertz CT molecular complexity index is 386. The number of rotatable bonds is 6. The van der Waals surface area contributed by atoms with Gasteiger partial charge in [-0.05, 0) is 31.0 Å². The molecule has 1 aromatic rings. The zero-order chi connectivity index (χ0) is 12.9. The Balaban J connectivity index is 2.73. The van der Waals surface area contributed by atoms with E-state index in [1.807, 2.05) is 13.8 Å². The summed E-state index contributed by atoms with van der Waals surface area (Å²) >= 11 is 3.27. The molecule has 0 amide bonds. The first-order valence-corrected chi connectivity index (χ1v) is 6.44. The van der Waals surface area contributed by atoms with Crippen molar-refractivity contribution in [3.8, 4) is 5.75 Å². The second-order valence-electron chi connectivity index (χ2n) is 4.02. The van der Waals surface area contributed by atoms with Gasteiger partial charge in [0, 0.05) is 10.0 Å². The zero-order valence-electron chi connectivity index (χ0n) is 10.1. The fraction of sp³-hybridized carbons (Fsp3) is 0.462. The third kappa shape index (κ3) is 3.82. The summed E-state index contributed by atoms with van der Waals surface area (Å²) in [7, 11) is 0. The lowest BCUT2D eigenvalue weighted by atomic mass is 9.99. The molecule has 0 bridgehead atoms. The molecule has 3 nitrogen and oxygen atoms in total. The van der Waals surface area contributed by atoms with Crippen LogP contribution in [0.4, 0.5) is 0 Å². The van der Waals surface area contributed by atoms with Crippen molar-refractivity contribution < 1.29 is 14.6 Å². The van der Waals surface area contributed by atoms with E-state index in [9.17, 15) is 9.90 Å². The largest absolute Gasteiger partial charge is 0.491 e. The molecule has 1 aromatic carbocycles. The number of carbonyl (C=O) groups excluding carboxylic acids is 1. The maximum Gasteiger partial charge on any atom is 0.151 e. The Morgan fingerprint density at radius 2 is 2.06 bits per heavy atom. The first-order chi connectivity index (χ1) is 8.04. The molecule has 0 fully saturated rings. The van der Waals surface area contributed by atoms with Gasteiger partial charge in [0.05, 0.1) is 5.60 Å². The fourth-order valence-electron chi connectivity index (χ4n) is 1.37. The topological polar surface area (TPSA) is 46.5 Å². The van der Waals surface area contributed by atoms with Gasteiger partial charge in [-0.25, -0.2) is 0 Å². The van der Waals surface area contributed by atoms with Gasteiger partial charge in [-0.1, -0.05) is 29.8 Å². The normalized spacial score (nSPS) is 11.3. The van der Waals surface area contributed by atoms with Crippen molar-refractivity contribution in [1.29, 1.82) is 0 Å². The van der Waals surface area contributed by atoms with Gasteiger partial charge in [-0.3, -0.25) is 4.79 Å². The second-order valence-corrected chi connectivity index (χ2v) is 4.88. The van der Waals surface area contributed by atoms with Crippen LogP contribution < -0.4 is 4.74 Å². The van der Waals surface area contributed by atoms with Crippen molar-refractivity contribution in [2.24, 2.45) is 0 Å². The van der Waals surface area contributed by atoms with Crippen molar-refractivity contribution in [1.82, 2.24) is 0 Å². The highest BCUT2D eigenvalue weighted by molar-refractivity contribution is 9.10. The molecule has 0 saturated heterocycles. The van der Waals surface area contributed by atoms with Crippen molar-refractivity contribution >= 4 is 22.2 Å². The molecule has 0 radical (unpaired) electrons. The van der Waals surface area contributed by atoms with Crippen molar-refractivity contribution in [3.05, 3.63) is 28.2 Å². The molecule has 0 atom stereocenters. The molecule has 94 valence electrons. The standard InChI is InChI=1S/C13H17BrO3/c1-3-13(16,4-2)9-17-11-5-6-12(14)10(7-11)8-15/h5-8,16H,3-4,9H2,1-2H3. The lowest BCUT2D eigenvalue weighted by Crippen LogP contribution is -2.34. The molecular formula is C13H17BrO3. The number of benzene rings is 1. The smallest absolute Gasteiger partial charge is 0.151 e. The number of aliphatic hydroxyl groups is 1. The summed E-state index contributed by atoms with van der Waals surface area (Å²) in [6.07, 6.45) is 2.05. The van der Waals surface area contributed by atoms with E-state index in [0.29, 0.717) is 24.2 Å². The minimum absolute atomic E-state index is 0.236. The van der Waals surface area contributed by atoms with E-state index < -0.39 is 5.60 Å². The number of halogens is 1. The number of hydrogen-bond donors (Lipinski definition) is 1. The average molecular weight is 301 g/mol. The summed E-state index contributed by atoms with van der Waals surface area (Å²) in [6.45, 7) is 4.08. The van der Waals surface area contributed by atoms with Gasteiger partial charge >= 0.3 is 0 Å². The molecule has 0 spiro atoms. The van der Waals surface area contributed by atoms with E-state index in [1.165, 1.54) is 0 Å². The first-order valence-electron chi connectivity index (χ1n) is 5.64. The van der Waals surface area contributed by atoms with Gasteiger partial charge in [0.2, 0.25) is 0 Å². The van der Waals surface area contributed by atoms with Crippen LogP contribution in [0.15, 0.2) is 22.7 Å². The summed E-state index contributed by atoms with van der Waals surface area (Å²) in [4.78, 5) is 10.8. The minimum Gasteiger partial charge on any atom is -0.491 e. The summed E-state index contributed by atoms with van der Waals surface area (Å²) in [5.74, 6) is 0.593. The minimum atomic E-state index is -0.797. The van der Waals surface area contributed by atoms with Crippen LogP contribution >= 0.6 is 15.9 Å². The Kier molecular flexibility index (Phi) is 5.15. The summed E-state index contributed by atoms with van der Waals surface area (Å²) < 4.78 is 6.26. The maximum absolute atomic E-state index is 10.8. The molecular weight excluding hydrogens is 284 g/mol. The Morgan fingerprint density at radius 3 is 2.59 bits per heavy atom. The van der Waals surface area contributed by atoms with Crippen LogP contribution in [0.2, 0.25) is 0 Å². The van der Waals surface area contributed by atoms with Crippen molar-refractivity contribution in [2.75, 3.05) is 6.61 Å². The molecule has 0 aliphatic rings.